The molecule has 0 aliphatic heterocycles. The van der Waals surface area contributed by atoms with Gasteiger partial charge in [-0.2, -0.15) is 0 Å². The second kappa shape index (κ2) is 3.48. The number of nitrogens with zero attached hydrogens (tertiary/aromatic N) is 4. The fourth-order valence-corrected chi connectivity index (χ4v) is 1.49. The summed E-state index contributed by atoms with van der Waals surface area (Å²) in [4.78, 5) is 22.2. The molecule has 84 valence electrons. The van der Waals surface area contributed by atoms with E-state index in [-0.39, 0.29) is 11.4 Å². The topological polar surface area (TPSA) is 97.6 Å². The third-order valence-corrected chi connectivity index (χ3v) is 2.27. The summed E-state index contributed by atoms with van der Waals surface area (Å²) in [5.41, 5.74) is 0.750. The molecule has 17 heavy (non-hydrogen) atoms. The Bertz CT molecular complexity index is 746. The molecule has 0 amide bonds. The van der Waals surface area contributed by atoms with E-state index in [2.05, 4.69) is 25.1 Å². The lowest BCUT2D eigenvalue weighted by atomic mass is 10.2. The molecule has 0 fully saturated rings. The zero-order chi connectivity index (χ0) is 11.8. The van der Waals surface area contributed by atoms with Gasteiger partial charge in [0.2, 0.25) is 5.89 Å². The van der Waals surface area contributed by atoms with Gasteiger partial charge in [0.1, 0.15) is 5.69 Å². The summed E-state index contributed by atoms with van der Waals surface area (Å²) in [7, 11) is 0. The van der Waals surface area contributed by atoms with Gasteiger partial charge in [0, 0.05) is 6.92 Å². The molecule has 3 aromatic rings. The third-order valence-electron chi connectivity index (χ3n) is 2.27. The second-order valence-corrected chi connectivity index (χ2v) is 3.44. The van der Waals surface area contributed by atoms with Crippen molar-refractivity contribution in [2.24, 2.45) is 0 Å². The van der Waals surface area contributed by atoms with Gasteiger partial charge in [0.05, 0.1) is 23.4 Å². The number of nitrogens with one attached hydrogen (secondary N) is 1. The zero-order valence-corrected chi connectivity index (χ0v) is 8.84. The summed E-state index contributed by atoms with van der Waals surface area (Å²) in [6.45, 7) is 1.69. The van der Waals surface area contributed by atoms with Crippen molar-refractivity contribution in [3.63, 3.8) is 0 Å². The Labute approximate surface area is 94.6 Å². The molecular weight excluding hydrogens is 222 g/mol. The molecule has 0 aromatic carbocycles. The van der Waals surface area contributed by atoms with E-state index in [0.717, 1.165) is 0 Å². The summed E-state index contributed by atoms with van der Waals surface area (Å²) in [6.07, 6.45) is 2.84. The molecule has 0 aliphatic carbocycles. The minimum atomic E-state index is -0.227. The molecule has 3 heterocycles. The monoisotopic (exact) mass is 229 g/mol. The molecule has 3 rings (SSSR count). The van der Waals surface area contributed by atoms with Gasteiger partial charge in [-0.15, -0.1) is 10.2 Å². The number of hydrogen-bond donors (Lipinski definition) is 1. The maximum atomic E-state index is 11.6. The maximum Gasteiger partial charge on any atom is 0.266 e. The van der Waals surface area contributed by atoms with E-state index in [1.54, 1.807) is 13.0 Å². The molecule has 0 aliphatic rings. The van der Waals surface area contributed by atoms with Gasteiger partial charge in [0.25, 0.3) is 11.4 Å². The van der Waals surface area contributed by atoms with Gasteiger partial charge >= 0.3 is 0 Å². The number of rotatable bonds is 1. The van der Waals surface area contributed by atoms with Gasteiger partial charge in [-0.05, 0) is 6.07 Å². The number of pyridine rings is 1. The molecule has 0 saturated heterocycles. The molecule has 3 aromatic heterocycles. The summed E-state index contributed by atoms with van der Waals surface area (Å²) < 4.78 is 5.24. The van der Waals surface area contributed by atoms with Crippen molar-refractivity contribution in [3.8, 4) is 11.6 Å². The van der Waals surface area contributed by atoms with Gasteiger partial charge < -0.3 is 9.40 Å². The molecule has 1 N–H and O–H groups in total. The van der Waals surface area contributed by atoms with Gasteiger partial charge in [-0.3, -0.25) is 4.79 Å². The van der Waals surface area contributed by atoms with Crippen LogP contribution in [-0.4, -0.2) is 25.1 Å². The van der Waals surface area contributed by atoms with Crippen LogP contribution in [0.2, 0.25) is 0 Å². The smallest absolute Gasteiger partial charge is 0.266 e. The highest BCUT2D eigenvalue weighted by Gasteiger charge is 2.09. The molecule has 0 bridgehead atoms. The number of aromatic amines is 1. The van der Waals surface area contributed by atoms with Crippen LogP contribution in [0, 0.1) is 6.92 Å². The molecular formula is C10H7N5O2. The van der Waals surface area contributed by atoms with E-state index in [9.17, 15) is 4.79 Å². The molecule has 0 radical (unpaired) electrons. The number of fused-ring (bicyclic) bond motifs is 1. The first-order valence-corrected chi connectivity index (χ1v) is 4.88. The van der Waals surface area contributed by atoms with Crippen molar-refractivity contribution in [3.05, 3.63) is 34.8 Å². The Kier molecular flexibility index (Phi) is 1.97. The van der Waals surface area contributed by atoms with Crippen molar-refractivity contribution < 1.29 is 4.42 Å². The van der Waals surface area contributed by atoms with Crippen LogP contribution in [0.5, 0.6) is 0 Å². The predicted octanol–water partition coefficient (Wildman–Crippen LogP) is 0.677. The SMILES string of the molecule is Cc1nnc(-c2cc3c(=O)[nH]cnc3cn2)o1. The summed E-state index contributed by atoms with van der Waals surface area (Å²) in [6, 6.07) is 1.58. The minimum Gasteiger partial charge on any atom is -0.420 e. The quantitative estimate of drug-likeness (QED) is 0.658. The lowest BCUT2D eigenvalue weighted by Crippen LogP contribution is -2.06. The van der Waals surface area contributed by atoms with Crippen LogP contribution in [0.15, 0.2) is 27.8 Å². The highest BCUT2D eigenvalue weighted by molar-refractivity contribution is 5.79. The highest BCUT2D eigenvalue weighted by Crippen LogP contribution is 2.17. The largest absolute Gasteiger partial charge is 0.420 e. The van der Waals surface area contributed by atoms with E-state index in [1.807, 2.05) is 0 Å². The molecule has 7 heteroatoms. The Morgan fingerprint density at radius 2 is 2.18 bits per heavy atom. The van der Waals surface area contributed by atoms with Crippen molar-refractivity contribution in [1.29, 1.82) is 0 Å². The fraction of sp³-hybridized carbons (Fsp3) is 0.100. The Morgan fingerprint density at radius 3 is 2.94 bits per heavy atom. The van der Waals surface area contributed by atoms with E-state index in [4.69, 9.17) is 4.42 Å². The van der Waals surface area contributed by atoms with Crippen LogP contribution in [0.3, 0.4) is 0 Å². The van der Waals surface area contributed by atoms with Crippen molar-refractivity contribution in [1.82, 2.24) is 25.1 Å². The molecule has 0 atom stereocenters. The summed E-state index contributed by atoms with van der Waals surface area (Å²) >= 11 is 0. The van der Waals surface area contributed by atoms with Crippen molar-refractivity contribution in [2.45, 2.75) is 6.92 Å². The predicted molar refractivity (Wildman–Crippen MR) is 58.2 cm³/mol. The fourth-order valence-electron chi connectivity index (χ4n) is 1.49. The van der Waals surface area contributed by atoms with Crippen LogP contribution < -0.4 is 5.56 Å². The number of aromatic nitrogens is 5. The molecule has 0 unspecified atom stereocenters. The average Bonchev–Trinajstić information content (AvgIpc) is 2.76. The van der Waals surface area contributed by atoms with Crippen molar-refractivity contribution in [2.75, 3.05) is 0 Å². The number of hydrogen-bond acceptors (Lipinski definition) is 6. The first-order chi connectivity index (χ1) is 8.24. The van der Waals surface area contributed by atoms with Gasteiger partial charge in [-0.1, -0.05) is 0 Å². The molecule has 0 spiro atoms. The van der Waals surface area contributed by atoms with Gasteiger partial charge in [0.15, 0.2) is 0 Å². The van der Waals surface area contributed by atoms with Crippen LogP contribution >= 0.6 is 0 Å². The zero-order valence-electron chi connectivity index (χ0n) is 8.84. The normalized spacial score (nSPS) is 10.9. The Morgan fingerprint density at radius 1 is 1.29 bits per heavy atom. The summed E-state index contributed by atoms with van der Waals surface area (Å²) in [5.74, 6) is 0.731. The first-order valence-electron chi connectivity index (χ1n) is 4.88. The van der Waals surface area contributed by atoms with Crippen LogP contribution in [0.1, 0.15) is 5.89 Å². The minimum absolute atomic E-state index is 0.227. The van der Waals surface area contributed by atoms with Crippen LogP contribution in [0.4, 0.5) is 0 Å². The van der Waals surface area contributed by atoms with Crippen LogP contribution in [-0.2, 0) is 0 Å². The lowest BCUT2D eigenvalue weighted by Gasteiger charge is -1.96. The Balaban J connectivity index is 2.26. The Hall–Kier alpha value is -2.57. The van der Waals surface area contributed by atoms with E-state index < -0.39 is 0 Å². The highest BCUT2D eigenvalue weighted by atomic mass is 16.4. The first kappa shape index (κ1) is 9.64. The van der Waals surface area contributed by atoms with Crippen LogP contribution in [0.25, 0.3) is 22.5 Å². The molecule has 7 nitrogen and oxygen atoms in total. The molecule has 0 saturated carbocycles. The van der Waals surface area contributed by atoms with Gasteiger partial charge in [-0.25, -0.2) is 9.97 Å². The maximum absolute atomic E-state index is 11.6. The summed E-state index contributed by atoms with van der Waals surface area (Å²) in [5, 5.41) is 7.99. The van der Waals surface area contributed by atoms with E-state index >= 15 is 0 Å². The lowest BCUT2D eigenvalue weighted by molar-refractivity contribution is 0.531. The number of aryl methyl sites for hydroxylation is 1. The third kappa shape index (κ3) is 1.57. The van der Waals surface area contributed by atoms with E-state index in [0.29, 0.717) is 22.5 Å². The standard InChI is InChI=1S/C10H7N5O2/c1-5-14-15-10(17-5)7-2-6-8(3-11-7)12-4-13-9(6)16/h2-4H,1H3,(H,12,13,16). The van der Waals surface area contributed by atoms with E-state index in [1.165, 1.54) is 12.5 Å². The average molecular weight is 229 g/mol. The number of H-pyrrole nitrogens is 1. The second-order valence-electron chi connectivity index (χ2n) is 3.44. The van der Waals surface area contributed by atoms with Crippen molar-refractivity contribution >= 4 is 10.9 Å².